The Kier molecular flexibility index (Phi) is 6.60. The van der Waals surface area contributed by atoms with Crippen molar-refractivity contribution < 1.29 is 17.9 Å². The van der Waals surface area contributed by atoms with Gasteiger partial charge in [-0.1, -0.05) is 12.1 Å². The van der Waals surface area contributed by atoms with E-state index in [1.807, 2.05) is 13.8 Å². The average Bonchev–Trinajstić information content (AvgIpc) is 2.82. The summed E-state index contributed by atoms with van der Waals surface area (Å²) in [5, 5.41) is 10.9. The maximum atomic E-state index is 12.9. The number of ether oxygens (including phenoxy) is 1. The standard InChI is InChI=1S/C17H21F3N4OS/c1-11-15(22-16(26)21-7-8-25-3)12(2)24(23-11)10-13-5-4-6-14(9-13)17(18,19)20/h4-6,9H,7-8,10H2,1-3H3,(H2,21,22,26). The van der Waals surface area contributed by atoms with E-state index in [1.165, 1.54) is 6.07 Å². The van der Waals surface area contributed by atoms with Gasteiger partial charge >= 0.3 is 6.18 Å². The van der Waals surface area contributed by atoms with Crippen LogP contribution in [-0.2, 0) is 17.5 Å². The third kappa shape index (κ3) is 5.18. The Labute approximate surface area is 155 Å². The highest BCUT2D eigenvalue weighted by molar-refractivity contribution is 7.80. The van der Waals surface area contributed by atoms with E-state index in [0.29, 0.717) is 29.5 Å². The SMILES string of the molecule is COCCNC(=S)Nc1c(C)nn(Cc2cccc(C(F)(F)F)c2)c1C. The topological polar surface area (TPSA) is 51.1 Å². The molecule has 9 heteroatoms. The first-order chi connectivity index (χ1) is 12.2. The predicted octanol–water partition coefficient (Wildman–Crippen LogP) is 3.50. The number of methoxy groups -OCH3 is 1. The molecule has 0 bridgehead atoms. The molecular formula is C17H21F3N4OS. The monoisotopic (exact) mass is 386 g/mol. The van der Waals surface area contributed by atoms with Gasteiger partial charge in [0.15, 0.2) is 5.11 Å². The summed E-state index contributed by atoms with van der Waals surface area (Å²) in [5.41, 5.74) is 2.10. The van der Waals surface area contributed by atoms with Crippen LogP contribution in [0.4, 0.5) is 18.9 Å². The maximum Gasteiger partial charge on any atom is 0.416 e. The fourth-order valence-electron chi connectivity index (χ4n) is 2.48. The number of aryl methyl sites for hydroxylation is 1. The van der Waals surface area contributed by atoms with Crippen molar-refractivity contribution in [3.8, 4) is 0 Å². The Balaban J connectivity index is 2.14. The molecule has 2 rings (SSSR count). The number of anilines is 1. The summed E-state index contributed by atoms with van der Waals surface area (Å²) in [6.07, 6.45) is -4.36. The van der Waals surface area contributed by atoms with Gasteiger partial charge < -0.3 is 15.4 Å². The smallest absolute Gasteiger partial charge is 0.383 e. The molecule has 0 radical (unpaired) electrons. The van der Waals surface area contributed by atoms with Crippen molar-refractivity contribution in [1.82, 2.24) is 15.1 Å². The van der Waals surface area contributed by atoms with E-state index in [4.69, 9.17) is 17.0 Å². The molecule has 1 aromatic carbocycles. The van der Waals surface area contributed by atoms with Gasteiger partial charge in [-0.25, -0.2) is 0 Å². The van der Waals surface area contributed by atoms with Crippen LogP contribution in [0.2, 0.25) is 0 Å². The van der Waals surface area contributed by atoms with Crippen molar-refractivity contribution >= 4 is 23.0 Å². The molecule has 0 unspecified atom stereocenters. The molecule has 0 saturated heterocycles. The van der Waals surface area contributed by atoms with E-state index >= 15 is 0 Å². The zero-order valence-electron chi connectivity index (χ0n) is 14.8. The van der Waals surface area contributed by atoms with Crippen molar-refractivity contribution in [3.63, 3.8) is 0 Å². The van der Waals surface area contributed by atoms with E-state index < -0.39 is 11.7 Å². The first-order valence-electron chi connectivity index (χ1n) is 7.96. The first-order valence-corrected chi connectivity index (χ1v) is 8.37. The van der Waals surface area contributed by atoms with Gasteiger partial charge in [0, 0.05) is 13.7 Å². The first kappa shape index (κ1) is 20.2. The number of nitrogens with zero attached hydrogens (tertiary/aromatic N) is 2. The molecule has 142 valence electrons. The number of rotatable bonds is 6. The third-order valence-corrected chi connectivity index (χ3v) is 4.04. The molecular weight excluding hydrogens is 365 g/mol. The van der Waals surface area contributed by atoms with Crippen LogP contribution in [0.1, 0.15) is 22.5 Å². The average molecular weight is 386 g/mol. The van der Waals surface area contributed by atoms with Crippen LogP contribution in [-0.4, -0.2) is 35.2 Å². The van der Waals surface area contributed by atoms with Crippen molar-refractivity contribution in [2.45, 2.75) is 26.6 Å². The van der Waals surface area contributed by atoms with E-state index in [-0.39, 0.29) is 6.54 Å². The lowest BCUT2D eigenvalue weighted by atomic mass is 10.1. The molecule has 2 aromatic rings. The minimum atomic E-state index is -4.36. The van der Waals surface area contributed by atoms with Gasteiger partial charge in [0.25, 0.3) is 0 Å². The van der Waals surface area contributed by atoms with Crippen LogP contribution in [0.3, 0.4) is 0 Å². The second-order valence-corrected chi connectivity index (χ2v) is 6.18. The molecule has 2 N–H and O–H groups in total. The lowest BCUT2D eigenvalue weighted by molar-refractivity contribution is -0.137. The highest BCUT2D eigenvalue weighted by Gasteiger charge is 2.30. The number of alkyl halides is 3. The molecule has 0 atom stereocenters. The molecule has 5 nitrogen and oxygen atoms in total. The van der Waals surface area contributed by atoms with Crippen molar-refractivity contribution in [2.24, 2.45) is 0 Å². The zero-order valence-corrected chi connectivity index (χ0v) is 15.6. The normalized spacial score (nSPS) is 11.5. The van der Waals surface area contributed by atoms with E-state index in [0.717, 1.165) is 23.5 Å². The number of nitrogens with one attached hydrogen (secondary N) is 2. The highest BCUT2D eigenvalue weighted by atomic mass is 32.1. The molecule has 0 aliphatic carbocycles. The van der Waals surface area contributed by atoms with Gasteiger partial charge in [0.05, 0.1) is 35.8 Å². The van der Waals surface area contributed by atoms with E-state index in [2.05, 4.69) is 15.7 Å². The van der Waals surface area contributed by atoms with Crippen LogP contribution in [0.15, 0.2) is 24.3 Å². The lowest BCUT2D eigenvalue weighted by Gasteiger charge is -2.11. The number of aromatic nitrogens is 2. The number of halogens is 3. The minimum absolute atomic E-state index is 0.238. The van der Waals surface area contributed by atoms with Gasteiger partial charge in [-0.05, 0) is 43.8 Å². The molecule has 0 amide bonds. The Morgan fingerprint density at radius 1 is 1.31 bits per heavy atom. The summed E-state index contributed by atoms with van der Waals surface area (Å²) in [4.78, 5) is 0. The predicted molar refractivity (Wildman–Crippen MR) is 98.3 cm³/mol. The molecule has 1 aromatic heterocycles. The molecule has 1 heterocycles. The number of hydrogen-bond donors (Lipinski definition) is 2. The molecule has 0 aliphatic heterocycles. The minimum Gasteiger partial charge on any atom is -0.383 e. The van der Waals surface area contributed by atoms with Crippen molar-refractivity contribution in [3.05, 3.63) is 46.8 Å². The summed E-state index contributed by atoms with van der Waals surface area (Å²) < 4.78 is 45.2. The number of hydrogen-bond acceptors (Lipinski definition) is 3. The van der Waals surface area contributed by atoms with Gasteiger partial charge in [-0.3, -0.25) is 4.68 Å². The van der Waals surface area contributed by atoms with E-state index in [1.54, 1.807) is 17.9 Å². The molecule has 26 heavy (non-hydrogen) atoms. The van der Waals surface area contributed by atoms with Crippen LogP contribution >= 0.6 is 12.2 Å². The molecule has 0 aliphatic rings. The van der Waals surface area contributed by atoms with Gasteiger partial charge in [-0.2, -0.15) is 18.3 Å². The quantitative estimate of drug-likeness (QED) is 0.588. The zero-order chi connectivity index (χ0) is 19.3. The summed E-state index contributed by atoms with van der Waals surface area (Å²) in [6, 6.07) is 5.25. The number of benzene rings is 1. The van der Waals surface area contributed by atoms with Crippen LogP contribution in [0, 0.1) is 13.8 Å². The van der Waals surface area contributed by atoms with Crippen LogP contribution in [0.5, 0.6) is 0 Å². The Bertz CT molecular complexity index is 774. The second-order valence-electron chi connectivity index (χ2n) is 5.78. The van der Waals surface area contributed by atoms with Crippen LogP contribution in [0.25, 0.3) is 0 Å². The summed E-state index contributed by atoms with van der Waals surface area (Å²) >= 11 is 5.23. The Morgan fingerprint density at radius 3 is 2.69 bits per heavy atom. The maximum absolute atomic E-state index is 12.9. The molecule has 0 fully saturated rings. The van der Waals surface area contributed by atoms with Crippen molar-refractivity contribution in [2.75, 3.05) is 25.6 Å². The fourth-order valence-corrected chi connectivity index (χ4v) is 2.68. The Hall–Kier alpha value is -2.13. The van der Waals surface area contributed by atoms with Crippen LogP contribution < -0.4 is 10.6 Å². The number of thiocarbonyl (C=S) groups is 1. The molecule has 0 saturated carbocycles. The van der Waals surface area contributed by atoms with E-state index in [9.17, 15) is 13.2 Å². The van der Waals surface area contributed by atoms with Gasteiger partial charge in [0.2, 0.25) is 0 Å². The lowest BCUT2D eigenvalue weighted by Crippen LogP contribution is -2.31. The Morgan fingerprint density at radius 2 is 2.04 bits per heavy atom. The second kappa shape index (κ2) is 8.50. The summed E-state index contributed by atoms with van der Waals surface area (Å²) in [6.45, 7) is 4.99. The highest BCUT2D eigenvalue weighted by Crippen LogP contribution is 2.30. The summed E-state index contributed by atoms with van der Waals surface area (Å²) in [7, 11) is 1.60. The van der Waals surface area contributed by atoms with Gasteiger partial charge in [-0.15, -0.1) is 0 Å². The third-order valence-electron chi connectivity index (χ3n) is 3.80. The largest absolute Gasteiger partial charge is 0.416 e. The fraction of sp³-hybridized carbons (Fsp3) is 0.412. The summed E-state index contributed by atoms with van der Waals surface area (Å²) in [5.74, 6) is 0. The van der Waals surface area contributed by atoms with Crippen molar-refractivity contribution in [1.29, 1.82) is 0 Å². The van der Waals surface area contributed by atoms with Gasteiger partial charge in [0.1, 0.15) is 0 Å². The molecule has 0 spiro atoms.